The number of furan rings is 1. The van der Waals surface area contributed by atoms with Crippen molar-refractivity contribution in [2.24, 2.45) is 5.92 Å². The predicted molar refractivity (Wildman–Crippen MR) is 60.9 cm³/mol. The third-order valence-corrected chi connectivity index (χ3v) is 3.31. The lowest BCUT2D eigenvalue weighted by molar-refractivity contribution is 0.0663. The van der Waals surface area contributed by atoms with Crippen molar-refractivity contribution in [3.63, 3.8) is 0 Å². The van der Waals surface area contributed by atoms with Crippen LogP contribution < -0.4 is 4.90 Å². The first kappa shape index (κ1) is 11.0. The van der Waals surface area contributed by atoms with Crippen LogP contribution in [0.4, 0.5) is 5.88 Å². The molecular weight excluding hydrogens is 206 g/mol. The Kier molecular flexibility index (Phi) is 3.17. The van der Waals surface area contributed by atoms with E-state index >= 15 is 0 Å². The van der Waals surface area contributed by atoms with Gasteiger partial charge in [0.2, 0.25) is 5.76 Å². The molecule has 1 aromatic heterocycles. The number of carboxylic acid groups (broad SMARTS) is 1. The number of hydrogen-bond donors (Lipinski definition) is 1. The zero-order valence-corrected chi connectivity index (χ0v) is 9.48. The van der Waals surface area contributed by atoms with Gasteiger partial charge in [0.1, 0.15) is 0 Å². The number of piperidine rings is 1. The highest BCUT2D eigenvalue weighted by Gasteiger charge is 2.20. The third-order valence-electron chi connectivity index (χ3n) is 3.31. The van der Waals surface area contributed by atoms with Crippen LogP contribution in [0.3, 0.4) is 0 Å². The molecule has 1 aliphatic heterocycles. The van der Waals surface area contributed by atoms with Crippen molar-refractivity contribution in [2.75, 3.05) is 18.0 Å². The van der Waals surface area contributed by atoms with Gasteiger partial charge in [0.05, 0.1) is 0 Å². The number of carboxylic acids is 1. The zero-order chi connectivity index (χ0) is 11.5. The van der Waals surface area contributed by atoms with Crippen molar-refractivity contribution in [1.82, 2.24) is 0 Å². The zero-order valence-electron chi connectivity index (χ0n) is 9.48. The van der Waals surface area contributed by atoms with Crippen molar-refractivity contribution in [3.05, 3.63) is 17.9 Å². The molecule has 2 heterocycles. The fourth-order valence-electron chi connectivity index (χ4n) is 2.17. The first-order valence-corrected chi connectivity index (χ1v) is 5.78. The number of nitrogens with zero attached hydrogens (tertiary/aromatic N) is 1. The molecule has 1 N–H and O–H groups in total. The van der Waals surface area contributed by atoms with Crippen LogP contribution in [0.15, 0.2) is 16.5 Å². The molecule has 1 aromatic rings. The molecule has 0 spiro atoms. The SMILES string of the molecule is CCC1CCN(c2ccc(C(=O)O)o2)CC1. The Morgan fingerprint density at radius 3 is 2.69 bits per heavy atom. The quantitative estimate of drug-likeness (QED) is 0.855. The van der Waals surface area contributed by atoms with E-state index in [1.165, 1.54) is 25.3 Å². The van der Waals surface area contributed by atoms with E-state index in [1.54, 1.807) is 6.07 Å². The van der Waals surface area contributed by atoms with Crippen molar-refractivity contribution in [3.8, 4) is 0 Å². The van der Waals surface area contributed by atoms with Gasteiger partial charge < -0.3 is 14.4 Å². The number of aromatic carboxylic acids is 1. The molecule has 88 valence electrons. The van der Waals surface area contributed by atoms with Crippen molar-refractivity contribution in [2.45, 2.75) is 26.2 Å². The summed E-state index contributed by atoms with van der Waals surface area (Å²) in [7, 11) is 0. The molecule has 0 aliphatic carbocycles. The maximum absolute atomic E-state index is 10.7. The van der Waals surface area contributed by atoms with Crippen LogP contribution in [0.25, 0.3) is 0 Å². The Labute approximate surface area is 94.9 Å². The number of hydrogen-bond acceptors (Lipinski definition) is 3. The van der Waals surface area contributed by atoms with Crippen LogP contribution >= 0.6 is 0 Å². The third kappa shape index (κ3) is 2.21. The molecular formula is C12H17NO3. The molecule has 4 nitrogen and oxygen atoms in total. The highest BCUT2D eigenvalue weighted by Crippen LogP contribution is 2.26. The average Bonchev–Trinajstić information content (AvgIpc) is 2.78. The molecule has 16 heavy (non-hydrogen) atoms. The van der Waals surface area contributed by atoms with E-state index in [-0.39, 0.29) is 5.76 Å². The fraction of sp³-hybridized carbons (Fsp3) is 0.583. The lowest BCUT2D eigenvalue weighted by Gasteiger charge is -2.31. The molecule has 1 aliphatic rings. The first-order valence-electron chi connectivity index (χ1n) is 5.78. The van der Waals surface area contributed by atoms with Gasteiger partial charge >= 0.3 is 5.97 Å². The first-order chi connectivity index (χ1) is 7.70. The Hall–Kier alpha value is -1.45. The minimum absolute atomic E-state index is 0.0209. The van der Waals surface area contributed by atoms with Gasteiger partial charge in [-0.1, -0.05) is 13.3 Å². The van der Waals surface area contributed by atoms with Gasteiger partial charge in [0.15, 0.2) is 5.88 Å². The molecule has 4 heteroatoms. The van der Waals surface area contributed by atoms with Crippen molar-refractivity contribution >= 4 is 11.9 Å². The predicted octanol–water partition coefficient (Wildman–Crippen LogP) is 2.60. The van der Waals surface area contributed by atoms with Crippen LogP contribution in [-0.4, -0.2) is 24.2 Å². The van der Waals surface area contributed by atoms with Gasteiger partial charge in [-0.15, -0.1) is 0 Å². The van der Waals surface area contributed by atoms with Crippen molar-refractivity contribution < 1.29 is 14.3 Å². The van der Waals surface area contributed by atoms with Crippen molar-refractivity contribution in [1.29, 1.82) is 0 Å². The van der Waals surface area contributed by atoms with E-state index in [0.717, 1.165) is 19.0 Å². The molecule has 0 saturated carbocycles. The Morgan fingerprint density at radius 2 is 2.19 bits per heavy atom. The normalized spacial score (nSPS) is 17.7. The summed E-state index contributed by atoms with van der Waals surface area (Å²) in [6.45, 7) is 4.14. The minimum Gasteiger partial charge on any atom is -0.475 e. The van der Waals surface area contributed by atoms with E-state index < -0.39 is 5.97 Å². The lowest BCUT2D eigenvalue weighted by Crippen LogP contribution is -2.33. The fourth-order valence-corrected chi connectivity index (χ4v) is 2.17. The Bertz CT molecular complexity index is 364. The molecule has 0 amide bonds. The Balaban J connectivity index is 2.00. The maximum atomic E-state index is 10.7. The van der Waals surface area contributed by atoms with E-state index in [9.17, 15) is 4.79 Å². The van der Waals surface area contributed by atoms with Crippen LogP contribution in [0.2, 0.25) is 0 Å². The second kappa shape index (κ2) is 4.60. The molecule has 1 saturated heterocycles. The standard InChI is InChI=1S/C12H17NO3/c1-2-9-5-7-13(8-6-9)11-4-3-10(16-11)12(14)15/h3-4,9H,2,5-8H2,1H3,(H,14,15). The van der Waals surface area contributed by atoms with E-state index in [2.05, 4.69) is 11.8 Å². The highest BCUT2D eigenvalue weighted by atomic mass is 16.4. The topological polar surface area (TPSA) is 53.7 Å². The Morgan fingerprint density at radius 1 is 1.50 bits per heavy atom. The molecule has 0 atom stereocenters. The second-order valence-electron chi connectivity index (χ2n) is 4.28. The lowest BCUT2D eigenvalue weighted by atomic mass is 9.94. The minimum atomic E-state index is -1.00. The summed E-state index contributed by atoms with van der Waals surface area (Å²) in [5.74, 6) is 0.513. The van der Waals surface area contributed by atoms with Crippen LogP contribution in [0, 0.1) is 5.92 Å². The van der Waals surface area contributed by atoms with Crippen LogP contribution in [-0.2, 0) is 0 Å². The molecule has 0 radical (unpaired) electrons. The molecule has 1 fully saturated rings. The number of carbonyl (C=O) groups is 1. The smallest absolute Gasteiger partial charge is 0.371 e. The summed E-state index contributed by atoms with van der Waals surface area (Å²) in [6.07, 6.45) is 3.56. The maximum Gasteiger partial charge on any atom is 0.371 e. The molecule has 0 aromatic carbocycles. The van der Waals surface area contributed by atoms with Gasteiger partial charge in [-0.3, -0.25) is 0 Å². The summed E-state index contributed by atoms with van der Waals surface area (Å²) in [5, 5.41) is 8.76. The van der Waals surface area contributed by atoms with Gasteiger partial charge in [0, 0.05) is 19.2 Å². The van der Waals surface area contributed by atoms with Crippen LogP contribution in [0.1, 0.15) is 36.7 Å². The number of rotatable bonds is 3. The second-order valence-corrected chi connectivity index (χ2v) is 4.28. The largest absolute Gasteiger partial charge is 0.475 e. The summed E-state index contributed by atoms with van der Waals surface area (Å²) in [5.41, 5.74) is 0. The van der Waals surface area contributed by atoms with Gasteiger partial charge in [0.25, 0.3) is 0 Å². The van der Waals surface area contributed by atoms with E-state index in [4.69, 9.17) is 9.52 Å². The average molecular weight is 223 g/mol. The molecule has 2 rings (SSSR count). The number of anilines is 1. The monoisotopic (exact) mass is 223 g/mol. The van der Waals surface area contributed by atoms with Gasteiger partial charge in [-0.2, -0.15) is 0 Å². The van der Waals surface area contributed by atoms with Gasteiger partial charge in [-0.05, 0) is 24.8 Å². The van der Waals surface area contributed by atoms with Gasteiger partial charge in [-0.25, -0.2) is 4.79 Å². The summed E-state index contributed by atoms with van der Waals surface area (Å²) >= 11 is 0. The van der Waals surface area contributed by atoms with E-state index in [0.29, 0.717) is 5.88 Å². The molecule has 0 bridgehead atoms. The summed E-state index contributed by atoms with van der Waals surface area (Å²) in [6, 6.07) is 3.26. The summed E-state index contributed by atoms with van der Waals surface area (Å²) < 4.78 is 5.28. The van der Waals surface area contributed by atoms with Crippen LogP contribution in [0.5, 0.6) is 0 Å². The van der Waals surface area contributed by atoms with E-state index in [1.807, 2.05) is 0 Å². The molecule has 0 unspecified atom stereocenters. The highest BCUT2D eigenvalue weighted by molar-refractivity contribution is 5.84. The summed E-state index contributed by atoms with van der Waals surface area (Å²) in [4.78, 5) is 12.8.